The Balaban J connectivity index is 3.16. The van der Waals surface area contributed by atoms with E-state index < -0.39 is 11.3 Å². The maximum Gasteiger partial charge on any atom is 0.396 e. The van der Waals surface area contributed by atoms with Crippen LogP contribution in [0.5, 0.6) is 0 Å². The molecule has 0 radical (unpaired) electrons. The van der Waals surface area contributed by atoms with Crippen molar-refractivity contribution in [1.82, 2.24) is 14.2 Å². The second kappa shape index (κ2) is 2.07. The van der Waals surface area contributed by atoms with Crippen molar-refractivity contribution in [1.29, 1.82) is 0 Å². The molecule has 14 heavy (non-hydrogen) atoms. The van der Waals surface area contributed by atoms with Crippen LogP contribution < -0.4 is 17.2 Å². The molecule has 0 aliphatic rings. The minimum Gasteiger partial charge on any atom is -0.425 e. The lowest BCUT2D eigenvalue weighted by molar-refractivity contribution is 0.127. The van der Waals surface area contributed by atoms with Gasteiger partial charge in [0.05, 0.1) is 0 Å². The first kappa shape index (κ1) is 8.16. The van der Waals surface area contributed by atoms with Crippen LogP contribution in [0.4, 0.5) is 11.5 Å². The Labute approximate surface area is 75.5 Å². The molecule has 7 N–H and O–H groups in total. The number of imidazole rings is 1. The summed E-state index contributed by atoms with van der Waals surface area (Å²) < 4.78 is 0.425. The lowest BCUT2D eigenvalue weighted by Gasteiger charge is -1.96. The van der Waals surface area contributed by atoms with E-state index in [1.165, 1.54) is 0 Å². The lowest BCUT2D eigenvalue weighted by atomic mass is 10.4. The first-order valence-electron chi connectivity index (χ1n) is 3.47. The Morgan fingerprint density at radius 1 is 1.00 bits per heavy atom. The number of aromatic nitrogens is 3. The Morgan fingerprint density at radius 2 is 1.57 bits per heavy atom. The number of nitrogen functional groups attached to an aromatic ring is 2. The van der Waals surface area contributed by atoms with E-state index in [0.717, 1.165) is 0 Å². The van der Waals surface area contributed by atoms with E-state index >= 15 is 0 Å². The predicted octanol–water partition coefficient (Wildman–Crippen LogP) is -1.52. The number of anilines is 2. The fraction of sp³-hybridized carbons (Fsp3) is 0. The Morgan fingerprint density at radius 3 is 2.07 bits per heavy atom. The van der Waals surface area contributed by atoms with E-state index in [-0.39, 0.29) is 26.5 Å². The number of fused-ring (bicyclic) bond motifs is 1. The highest BCUT2D eigenvalue weighted by atomic mass is 16.5. The molecule has 2 aromatic heterocycles. The third kappa shape index (κ3) is 0.620. The van der Waals surface area contributed by atoms with Crippen molar-refractivity contribution in [3.8, 4) is 0 Å². The minimum atomic E-state index is -1.15. The van der Waals surface area contributed by atoms with Crippen molar-refractivity contribution >= 4 is 22.7 Å². The Bertz CT molecular complexity index is 529. The zero-order valence-corrected chi connectivity index (χ0v) is 6.75. The van der Waals surface area contributed by atoms with E-state index in [0.29, 0.717) is 4.73 Å². The van der Waals surface area contributed by atoms with E-state index in [9.17, 15) is 10.0 Å². The zero-order valence-electron chi connectivity index (χ0n) is 6.75. The van der Waals surface area contributed by atoms with Gasteiger partial charge in [-0.3, -0.25) is 0 Å². The summed E-state index contributed by atoms with van der Waals surface area (Å²) in [6.45, 7) is 0. The van der Waals surface area contributed by atoms with Gasteiger partial charge in [-0.25, -0.2) is 4.79 Å². The highest BCUT2D eigenvalue weighted by Crippen LogP contribution is 2.27. The summed E-state index contributed by atoms with van der Waals surface area (Å²) in [5.74, 6) is -0.277. The smallest absolute Gasteiger partial charge is 0.396 e. The molecule has 0 aliphatic carbocycles. The second-order valence-corrected chi connectivity index (χ2v) is 2.69. The quantitative estimate of drug-likeness (QED) is 0.327. The van der Waals surface area contributed by atoms with Crippen molar-refractivity contribution < 1.29 is 15.6 Å². The summed E-state index contributed by atoms with van der Waals surface area (Å²) >= 11 is 0. The maximum absolute atomic E-state index is 11.0. The molecule has 0 bridgehead atoms. The van der Waals surface area contributed by atoms with Gasteiger partial charge in [0.15, 0.2) is 11.3 Å². The fourth-order valence-electron chi connectivity index (χ4n) is 1.25. The largest absolute Gasteiger partial charge is 0.425 e. The van der Waals surface area contributed by atoms with Crippen LogP contribution in [0, 0.1) is 0 Å². The van der Waals surface area contributed by atoms with Gasteiger partial charge < -0.3 is 27.1 Å². The van der Waals surface area contributed by atoms with Gasteiger partial charge in [0.25, 0.3) is 0 Å². The van der Waals surface area contributed by atoms with Crippen LogP contribution in [-0.2, 0) is 0 Å². The fourth-order valence-corrected chi connectivity index (χ4v) is 1.25. The molecule has 0 amide bonds. The summed E-state index contributed by atoms with van der Waals surface area (Å²) in [6.07, 6.45) is 0. The Hall–Kier alpha value is -2.45. The van der Waals surface area contributed by atoms with Crippen LogP contribution in [0.15, 0.2) is 4.79 Å². The van der Waals surface area contributed by atoms with E-state index in [4.69, 9.17) is 21.9 Å². The van der Waals surface area contributed by atoms with Crippen molar-refractivity contribution in [2.24, 2.45) is 0 Å². The highest BCUT2D eigenvalue weighted by molar-refractivity contribution is 5.93. The average Bonchev–Trinajstić information content (AvgIpc) is 2.51. The van der Waals surface area contributed by atoms with E-state index in [2.05, 4.69) is 0 Å². The number of nitrogens with two attached hydrogens (primary N) is 2. The highest BCUT2D eigenvalue weighted by Gasteiger charge is 2.23. The van der Waals surface area contributed by atoms with Crippen LogP contribution in [-0.4, -0.2) is 29.8 Å². The molecule has 0 aromatic carbocycles. The molecule has 0 saturated heterocycles. The first-order chi connectivity index (χ1) is 6.46. The molecule has 2 rings (SSSR count). The molecule has 9 heteroatoms. The monoisotopic (exact) mass is 201 g/mol. The summed E-state index contributed by atoms with van der Waals surface area (Å²) in [7, 11) is 0. The normalized spacial score (nSPS) is 11.1. The van der Waals surface area contributed by atoms with Gasteiger partial charge in [-0.15, -0.1) is 14.2 Å². The van der Waals surface area contributed by atoms with Crippen LogP contribution in [0.3, 0.4) is 0 Å². The van der Waals surface area contributed by atoms with Crippen molar-refractivity contribution in [3.63, 3.8) is 0 Å². The maximum atomic E-state index is 11.0. The molecular formula is C5H7N5O4. The standard InChI is InChI=1S/C5H7N5O4/c6-1-2-4(9(13)3(1)7)10(14)5(11)8(2)12/h12-14H,6-7H2. The first-order valence-corrected chi connectivity index (χ1v) is 3.47. The minimum absolute atomic E-state index is 0.0298. The topological polar surface area (TPSA) is 145 Å². The molecular weight excluding hydrogens is 194 g/mol. The second-order valence-electron chi connectivity index (χ2n) is 2.69. The number of hydrogen-bond donors (Lipinski definition) is 5. The van der Waals surface area contributed by atoms with Gasteiger partial charge in [0.1, 0.15) is 5.69 Å². The third-order valence-electron chi connectivity index (χ3n) is 1.95. The van der Waals surface area contributed by atoms with E-state index in [1.54, 1.807) is 0 Å². The molecule has 0 unspecified atom stereocenters. The molecule has 2 aromatic rings. The van der Waals surface area contributed by atoms with Gasteiger partial charge in [0, 0.05) is 0 Å². The Kier molecular flexibility index (Phi) is 1.21. The molecule has 0 fully saturated rings. The molecule has 0 atom stereocenters. The predicted molar refractivity (Wildman–Crippen MR) is 44.6 cm³/mol. The van der Waals surface area contributed by atoms with Crippen molar-refractivity contribution in [2.75, 3.05) is 11.5 Å². The van der Waals surface area contributed by atoms with Gasteiger partial charge in [-0.2, -0.15) is 0 Å². The summed E-state index contributed by atoms with van der Waals surface area (Å²) in [6, 6.07) is 0. The van der Waals surface area contributed by atoms with E-state index in [1.807, 2.05) is 0 Å². The molecule has 0 spiro atoms. The number of hydrogen-bond acceptors (Lipinski definition) is 6. The summed E-state index contributed by atoms with van der Waals surface area (Å²) in [5, 5.41) is 27.6. The summed E-state index contributed by atoms with van der Waals surface area (Å²) in [4.78, 5) is 11.0. The number of rotatable bonds is 0. The third-order valence-corrected chi connectivity index (χ3v) is 1.95. The average molecular weight is 201 g/mol. The van der Waals surface area contributed by atoms with Gasteiger partial charge >= 0.3 is 5.69 Å². The molecule has 0 aliphatic heterocycles. The SMILES string of the molecule is Nc1c(N)n(O)c2c1n(O)c(=O)n2O. The van der Waals surface area contributed by atoms with Gasteiger partial charge in [0.2, 0.25) is 5.65 Å². The van der Waals surface area contributed by atoms with Crippen LogP contribution in [0.1, 0.15) is 0 Å². The summed E-state index contributed by atoms with van der Waals surface area (Å²) in [5.41, 5.74) is 8.66. The molecule has 2 heterocycles. The van der Waals surface area contributed by atoms with Crippen LogP contribution >= 0.6 is 0 Å². The number of nitrogens with zero attached hydrogens (tertiary/aromatic N) is 3. The lowest BCUT2D eigenvalue weighted by Crippen LogP contribution is -2.22. The van der Waals surface area contributed by atoms with Crippen molar-refractivity contribution in [2.45, 2.75) is 0 Å². The molecule has 9 nitrogen and oxygen atoms in total. The van der Waals surface area contributed by atoms with Gasteiger partial charge in [-0.05, 0) is 0 Å². The van der Waals surface area contributed by atoms with Crippen molar-refractivity contribution in [3.05, 3.63) is 10.5 Å². The van der Waals surface area contributed by atoms with Crippen LogP contribution in [0.25, 0.3) is 11.2 Å². The van der Waals surface area contributed by atoms with Crippen LogP contribution in [0.2, 0.25) is 0 Å². The molecule has 0 saturated carbocycles. The molecule has 76 valence electrons. The zero-order chi connectivity index (χ0) is 10.6. The van der Waals surface area contributed by atoms with Gasteiger partial charge in [-0.1, -0.05) is 0 Å².